The van der Waals surface area contributed by atoms with Crippen molar-refractivity contribution in [3.63, 3.8) is 0 Å². The Balaban J connectivity index is 0.000000250. The maximum atomic E-state index is 4.47. The monoisotopic (exact) mass is 89.0 g/mol. The first-order valence-corrected chi connectivity index (χ1v) is 1.32. The van der Waals surface area contributed by atoms with Crippen molar-refractivity contribution in [2.75, 3.05) is 0 Å². The van der Waals surface area contributed by atoms with Gasteiger partial charge in [-0.25, -0.2) is 4.98 Å². The van der Waals surface area contributed by atoms with Crippen LogP contribution >= 0.6 is 0 Å². The van der Waals surface area contributed by atoms with Gasteiger partial charge in [-0.05, 0) is 0 Å². The fourth-order valence-electron chi connectivity index (χ4n) is 0.176. The van der Waals surface area contributed by atoms with Crippen LogP contribution in [0.15, 0.2) is 23.3 Å². The molecule has 0 aromatic carbocycles. The minimum Gasteiger partial charge on any atom is -0.452 e. The second-order valence-corrected chi connectivity index (χ2v) is 0.676. The number of hydrogen-bond donors (Lipinski definition) is 0. The largest absolute Gasteiger partial charge is 0.452 e. The molecular formula is C3H4FNO. The van der Waals surface area contributed by atoms with Crippen LogP contribution in [0.3, 0.4) is 0 Å². The third-order valence-electron chi connectivity index (χ3n) is 0.347. The van der Waals surface area contributed by atoms with Crippen molar-refractivity contribution in [2.24, 2.45) is 0 Å². The Morgan fingerprint density at radius 2 is 2.33 bits per heavy atom. The lowest BCUT2D eigenvalue weighted by Gasteiger charge is -1.47. The van der Waals surface area contributed by atoms with Crippen LogP contribution in [-0.2, 0) is 0 Å². The van der Waals surface area contributed by atoms with E-state index in [4.69, 9.17) is 0 Å². The molecule has 0 aliphatic rings. The van der Waals surface area contributed by atoms with E-state index in [1.54, 1.807) is 6.20 Å². The SMILES string of the molecule is F.c1cocn1. The maximum absolute atomic E-state index is 4.47. The van der Waals surface area contributed by atoms with Crippen molar-refractivity contribution in [3.8, 4) is 0 Å². The number of nitrogens with zero attached hydrogens (tertiary/aromatic N) is 1. The molecule has 1 heterocycles. The number of halogens is 1. The van der Waals surface area contributed by atoms with E-state index < -0.39 is 0 Å². The predicted octanol–water partition coefficient (Wildman–Crippen LogP) is 0.827. The summed E-state index contributed by atoms with van der Waals surface area (Å²) in [6.07, 6.45) is 4.47. The molecule has 34 valence electrons. The van der Waals surface area contributed by atoms with E-state index in [9.17, 15) is 0 Å². The lowest BCUT2D eigenvalue weighted by Crippen LogP contribution is -1.38. The second kappa shape index (κ2) is 2.38. The van der Waals surface area contributed by atoms with Gasteiger partial charge < -0.3 is 4.42 Å². The van der Waals surface area contributed by atoms with E-state index in [-0.39, 0.29) is 4.70 Å². The van der Waals surface area contributed by atoms with Gasteiger partial charge in [0.15, 0.2) is 6.39 Å². The zero-order chi connectivity index (χ0) is 3.54. The van der Waals surface area contributed by atoms with Crippen LogP contribution in [0.25, 0.3) is 0 Å². The first kappa shape index (κ1) is 5.14. The molecule has 1 aromatic rings. The van der Waals surface area contributed by atoms with E-state index in [1.807, 2.05) is 0 Å². The molecule has 1 rings (SSSR count). The standard InChI is InChI=1S/C3H3NO.FH/c1-2-5-3-4-1;/h1-3H;1H. The van der Waals surface area contributed by atoms with Gasteiger partial charge in [-0.15, -0.1) is 0 Å². The highest BCUT2D eigenvalue weighted by Crippen LogP contribution is 1.72. The molecule has 0 spiro atoms. The Kier molecular flexibility index (Phi) is 2.04. The zero-order valence-corrected chi connectivity index (χ0v) is 3.00. The lowest BCUT2D eigenvalue weighted by molar-refractivity contribution is 0.558. The highest BCUT2D eigenvalue weighted by molar-refractivity contribution is 4.56. The highest BCUT2D eigenvalue weighted by atomic mass is 19.0. The van der Waals surface area contributed by atoms with Gasteiger partial charge in [0.2, 0.25) is 0 Å². The van der Waals surface area contributed by atoms with E-state index in [0.29, 0.717) is 0 Å². The molecule has 6 heavy (non-hydrogen) atoms. The first-order valence-electron chi connectivity index (χ1n) is 1.32. The highest BCUT2D eigenvalue weighted by Gasteiger charge is 1.59. The third kappa shape index (κ3) is 0.839. The molecule has 0 aliphatic carbocycles. The van der Waals surface area contributed by atoms with Gasteiger partial charge >= 0.3 is 0 Å². The Morgan fingerprint density at radius 1 is 1.50 bits per heavy atom. The van der Waals surface area contributed by atoms with Crippen LogP contribution in [-0.4, -0.2) is 4.98 Å². The van der Waals surface area contributed by atoms with Crippen LogP contribution in [0, 0.1) is 0 Å². The number of aromatic nitrogens is 1. The number of oxazole rings is 1. The van der Waals surface area contributed by atoms with Crippen molar-refractivity contribution >= 4 is 0 Å². The quantitative estimate of drug-likeness (QED) is 0.470. The molecule has 1 aromatic heterocycles. The normalized spacial score (nSPS) is 6.67. The Labute approximate surface area is 34.2 Å². The van der Waals surface area contributed by atoms with Gasteiger partial charge in [0.05, 0.1) is 6.20 Å². The number of hydrogen-bond acceptors (Lipinski definition) is 2. The lowest BCUT2D eigenvalue weighted by atomic mass is 11.0. The molecule has 0 aliphatic heterocycles. The topological polar surface area (TPSA) is 26.0 Å². The van der Waals surface area contributed by atoms with E-state index in [2.05, 4.69) is 9.40 Å². The van der Waals surface area contributed by atoms with E-state index in [1.165, 1.54) is 12.7 Å². The third-order valence-corrected chi connectivity index (χ3v) is 0.347. The molecule has 0 atom stereocenters. The average Bonchev–Trinajstić information content (AvgIpc) is 1.76. The summed E-state index contributed by atoms with van der Waals surface area (Å²) in [5.41, 5.74) is 0. The van der Waals surface area contributed by atoms with Crippen molar-refractivity contribution in [2.45, 2.75) is 0 Å². The Bertz CT molecular complexity index is 67.3. The second-order valence-electron chi connectivity index (χ2n) is 0.676. The molecule has 0 bridgehead atoms. The minimum atomic E-state index is 0. The number of rotatable bonds is 0. The van der Waals surface area contributed by atoms with Gasteiger partial charge in [0, 0.05) is 0 Å². The Hall–Kier alpha value is -0.860. The molecule has 3 heteroatoms. The van der Waals surface area contributed by atoms with Crippen LogP contribution in [0.5, 0.6) is 0 Å². The summed E-state index contributed by atoms with van der Waals surface area (Å²) in [5, 5.41) is 0. The molecule has 0 fully saturated rings. The Morgan fingerprint density at radius 3 is 2.50 bits per heavy atom. The van der Waals surface area contributed by atoms with Crippen LogP contribution < -0.4 is 0 Å². The summed E-state index contributed by atoms with van der Waals surface area (Å²) < 4.78 is 4.47. The van der Waals surface area contributed by atoms with Gasteiger partial charge in [0.1, 0.15) is 6.26 Å². The van der Waals surface area contributed by atoms with E-state index in [0.717, 1.165) is 0 Å². The van der Waals surface area contributed by atoms with Crippen molar-refractivity contribution in [1.29, 1.82) is 0 Å². The van der Waals surface area contributed by atoms with Gasteiger partial charge in [-0.3, -0.25) is 4.70 Å². The van der Waals surface area contributed by atoms with Gasteiger partial charge in [0.25, 0.3) is 0 Å². The summed E-state index contributed by atoms with van der Waals surface area (Å²) in [6, 6.07) is 0. The summed E-state index contributed by atoms with van der Waals surface area (Å²) in [5.74, 6) is 0. The fraction of sp³-hybridized carbons (Fsp3) is 0. The molecule has 0 saturated carbocycles. The zero-order valence-electron chi connectivity index (χ0n) is 3.00. The van der Waals surface area contributed by atoms with Crippen molar-refractivity contribution < 1.29 is 9.12 Å². The van der Waals surface area contributed by atoms with Crippen LogP contribution in [0.1, 0.15) is 0 Å². The van der Waals surface area contributed by atoms with Gasteiger partial charge in [-0.1, -0.05) is 0 Å². The summed E-state index contributed by atoms with van der Waals surface area (Å²) in [7, 11) is 0. The molecule has 0 N–H and O–H groups in total. The maximum Gasteiger partial charge on any atom is 0.180 e. The van der Waals surface area contributed by atoms with E-state index >= 15 is 0 Å². The van der Waals surface area contributed by atoms with Crippen LogP contribution in [0.2, 0.25) is 0 Å². The summed E-state index contributed by atoms with van der Waals surface area (Å²) >= 11 is 0. The van der Waals surface area contributed by atoms with Gasteiger partial charge in [-0.2, -0.15) is 0 Å². The molecular weight excluding hydrogens is 85.0 g/mol. The minimum absolute atomic E-state index is 0. The molecule has 0 saturated heterocycles. The molecule has 0 unspecified atom stereocenters. The summed E-state index contributed by atoms with van der Waals surface area (Å²) in [6.45, 7) is 0. The smallest absolute Gasteiger partial charge is 0.180 e. The van der Waals surface area contributed by atoms with Crippen LogP contribution in [0.4, 0.5) is 4.70 Å². The summed E-state index contributed by atoms with van der Waals surface area (Å²) in [4.78, 5) is 3.56. The molecule has 2 nitrogen and oxygen atoms in total. The predicted molar refractivity (Wildman–Crippen MR) is 19.0 cm³/mol. The molecule has 0 amide bonds. The van der Waals surface area contributed by atoms with Crippen molar-refractivity contribution in [3.05, 3.63) is 18.9 Å². The molecule has 0 radical (unpaired) electrons. The van der Waals surface area contributed by atoms with Crippen molar-refractivity contribution in [1.82, 2.24) is 4.98 Å². The first-order chi connectivity index (χ1) is 2.50. The average molecular weight is 89.1 g/mol. The fourth-order valence-corrected chi connectivity index (χ4v) is 0.176.